The van der Waals surface area contributed by atoms with Crippen LogP contribution in [0.5, 0.6) is 0 Å². The maximum Gasteiger partial charge on any atom is 0.0543 e. The van der Waals surface area contributed by atoms with Gasteiger partial charge in [-0.2, -0.15) is 0 Å². The molecule has 1 nitrogen and oxygen atoms in total. The highest BCUT2D eigenvalue weighted by molar-refractivity contribution is 6.09. The third kappa shape index (κ3) is 2.25. The van der Waals surface area contributed by atoms with E-state index < -0.39 is 0 Å². The second-order valence-corrected chi connectivity index (χ2v) is 6.76. The van der Waals surface area contributed by atoms with Crippen molar-refractivity contribution in [3.8, 4) is 16.8 Å². The largest absolute Gasteiger partial charge is 0.309 e. The Morgan fingerprint density at radius 1 is 0.577 bits per heavy atom. The van der Waals surface area contributed by atoms with Gasteiger partial charge >= 0.3 is 0 Å². The standard InChI is InChI=1S/C25H19N/c1-18-15-16-20(19-9-3-2-4-10-19)25(17-18)26-23-13-7-5-11-21(23)22-12-6-8-14-24(22)26/h2-17H,1H3. The third-order valence-corrected chi connectivity index (χ3v) is 5.06. The van der Waals surface area contributed by atoms with Gasteiger partial charge in [0.1, 0.15) is 0 Å². The Bertz CT molecular complexity index is 1180. The van der Waals surface area contributed by atoms with Crippen LogP contribution in [0.1, 0.15) is 5.56 Å². The highest BCUT2D eigenvalue weighted by Crippen LogP contribution is 2.36. The van der Waals surface area contributed by atoms with Crippen molar-refractivity contribution >= 4 is 21.8 Å². The van der Waals surface area contributed by atoms with Gasteiger partial charge in [0.2, 0.25) is 0 Å². The molecule has 0 N–H and O–H groups in total. The van der Waals surface area contributed by atoms with Gasteiger partial charge in [-0.15, -0.1) is 0 Å². The van der Waals surface area contributed by atoms with Gasteiger partial charge in [0.15, 0.2) is 0 Å². The topological polar surface area (TPSA) is 4.93 Å². The van der Waals surface area contributed by atoms with Crippen LogP contribution in [-0.4, -0.2) is 4.57 Å². The lowest BCUT2D eigenvalue weighted by Crippen LogP contribution is -1.97. The predicted molar refractivity (Wildman–Crippen MR) is 111 cm³/mol. The van der Waals surface area contributed by atoms with E-state index in [-0.39, 0.29) is 0 Å². The molecule has 0 spiro atoms. The molecule has 1 aromatic heterocycles. The van der Waals surface area contributed by atoms with E-state index in [1.54, 1.807) is 0 Å². The number of benzene rings is 4. The van der Waals surface area contributed by atoms with Gasteiger partial charge in [-0.25, -0.2) is 0 Å². The maximum atomic E-state index is 2.40. The van der Waals surface area contributed by atoms with Crippen LogP contribution in [0, 0.1) is 6.92 Å². The van der Waals surface area contributed by atoms with Crippen LogP contribution < -0.4 is 0 Å². The monoisotopic (exact) mass is 333 g/mol. The second kappa shape index (κ2) is 5.89. The summed E-state index contributed by atoms with van der Waals surface area (Å²) in [4.78, 5) is 0. The Morgan fingerprint density at radius 2 is 1.15 bits per heavy atom. The van der Waals surface area contributed by atoms with Crippen molar-refractivity contribution in [2.24, 2.45) is 0 Å². The molecule has 0 atom stereocenters. The van der Waals surface area contributed by atoms with E-state index in [1.807, 2.05) is 0 Å². The summed E-state index contributed by atoms with van der Waals surface area (Å²) in [6.07, 6.45) is 0. The van der Waals surface area contributed by atoms with Crippen LogP contribution in [0.25, 0.3) is 38.6 Å². The molecule has 5 rings (SSSR count). The number of fused-ring (bicyclic) bond motifs is 3. The zero-order chi connectivity index (χ0) is 17.5. The molecule has 26 heavy (non-hydrogen) atoms. The summed E-state index contributed by atoms with van der Waals surface area (Å²) in [5, 5.41) is 2.59. The second-order valence-electron chi connectivity index (χ2n) is 6.76. The van der Waals surface area contributed by atoms with Crippen LogP contribution in [0.2, 0.25) is 0 Å². The summed E-state index contributed by atoms with van der Waals surface area (Å²) in [5.74, 6) is 0. The van der Waals surface area contributed by atoms with Crippen molar-refractivity contribution in [2.45, 2.75) is 6.92 Å². The van der Waals surface area contributed by atoms with E-state index in [2.05, 4.69) is 109 Å². The van der Waals surface area contributed by atoms with Gasteiger partial charge in [-0.1, -0.05) is 78.9 Å². The Morgan fingerprint density at radius 3 is 1.81 bits per heavy atom. The van der Waals surface area contributed by atoms with Crippen molar-refractivity contribution < 1.29 is 0 Å². The van der Waals surface area contributed by atoms with E-state index in [9.17, 15) is 0 Å². The summed E-state index contributed by atoms with van der Waals surface area (Å²) >= 11 is 0. The molecule has 0 saturated heterocycles. The number of nitrogens with zero attached hydrogens (tertiary/aromatic N) is 1. The van der Waals surface area contributed by atoms with Gasteiger partial charge in [-0.3, -0.25) is 0 Å². The lowest BCUT2D eigenvalue weighted by Gasteiger charge is -2.15. The third-order valence-electron chi connectivity index (χ3n) is 5.06. The van der Waals surface area contributed by atoms with Crippen LogP contribution >= 0.6 is 0 Å². The molecule has 1 heteroatoms. The predicted octanol–water partition coefficient (Wildman–Crippen LogP) is 6.76. The molecule has 0 fully saturated rings. The van der Waals surface area contributed by atoms with E-state index in [1.165, 1.54) is 44.2 Å². The minimum Gasteiger partial charge on any atom is -0.309 e. The molecule has 0 amide bonds. The van der Waals surface area contributed by atoms with E-state index in [4.69, 9.17) is 0 Å². The Kier molecular flexibility index (Phi) is 3.39. The van der Waals surface area contributed by atoms with Crippen molar-refractivity contribution in [1.82, 2.24) is 4.57 Å². The van der Waals surface area contributed by atoms with Crippen LogP contribution in [-0.2, 0) is 0 Å². The SMILES string of the molecule is Cc1ccc(-c2ccccc2)c(-n2c3ccccc3c3ccccc32)c1. The normalized spacial score (nSPS) is 11.3. The quantitative estimate of drug-likeness (QED) is 0.336. The first-order chi connectivity index (χ1) is 12.8. The van der Waals surface area contributed by atoms with E-state index in [0.29, 0.717) is 0 Å². The number of hydrogen-bond donors (Lipinski definition) is 0. The zero-order valence-electron chi connectivity index (χ0n) is 14.7. The van der Waals surface area contributed by atoms with Crippen LogP contribution in [0.4, 0.5) is 0 Å². The molecule has 0 aliphatic rings. The highest BCUT2D eigenvalue weighted by atomic mass is 15.0. The molecular weight excluding hydrogens is 314 g/mol. The molecule has 5 aromatic rings. The van der Waals surface area contributed by atoms with Crippen molar-refractivity contribution in [1.29, 1.82) is 0 Å². The summed E-state index contributed by atoms with van der Waals surface area (Å²) in [6.45, 7) is 2.16. The van der Waals surface area contributed by atoms with Crippen molar-refractivity contribution in [3.05, 3.63) is 103 Å². The summed E-state index contributed by atoms with van der Waals surface area (Å²) < 4.78 is 2.40. The average Bonchev–Trinajstić information content (AvgIpc) is 3.03. The molecule has 1 heterocycles. The van der Waals surface area contributed by atoms with Gasteiger partial charge < -0.3 is 4.57 Å². The molecule has 0 aliphatic heterocycles. The number of para-hydroxylation sites is 2. The molecule has 0 bridgehead atoms. The van der Waals surface area contributed by atoms with Gasteiger partial charge in [0.05, 0.1) is 16.7 Å². The van der Waals surface area contributed by atoms with Crippen LogP contribution in [0.3, 0.4) is 0 Å². The number of hydrogen-bond acceptors (Lipinski definition) is 0. The van der Waals surface area contributed by atoms with E-state index in [0.717, 1.165) is 0 Å². The summed E-state index contributed by atoms with van der Waals surface area (Å²) in [6, 6.07) is 34.7. The first-order valence-electron chi connectivity index (χ1n) is 8.97. The number of aromatic nitrogens is 1. The smallest absolute Gasteiger partial charge is 0.0543 e. The van der Waals surface area contributed by atoms with Gasteiger partial charge in [0, 0.05) is 16.3 Å². The molecule has 0 aliphatic carbocycles. The fraction of sp³-hybridized carbons (Fsp3) is 0.0400. The Balaban J connectivity index is 1.93. The fourth-order valence-corrected chi connectivity index (χ4v) is 3.87. The molecular formula is C25H19N. The van der Waals surface area contributed by atoms with E-state index >= 15 is 0 Å². The summed E-state index contributed by atoms with van der Waals surface area (Å²) in [5.41, 5.74) is 7.48. The van der Waals surface area contributed by atoms with Gasteiger partial charge in [0.25, 0.3) is 0 Å². The minimum absolute atomic E-state index is 1.23. The number of aryl methyl sites for hydroxylation is 1. The lowest BCUT2D eigenvalue weighted by atomic mass is 10.0. The molecule has 124 valence electrons. The first kappa shape index (κ1) is 15.0. The Labute approximate surface area is 153 Å². The fourth-order valence-electron chi connectivity index (χ4n) is 3.87. The molecule has 4 aromatic carbocycles. The average molecular weight is 333 g/mol. The lowest BCUT2D eigenvalue weighted by molar-refractivity contribution is 1.17. The number of rotatable bonds is 2. The first-order valence-corrected chi connectivity index (χ1v) is 8.97. The van der Waals surface area contributed by atoms with Crippen molar-refractivity contribution in [2.75, 3.05) is 0 Å². The van der Waals surface area contributed by atoms with Gasteiger partial charge in [-0.05, 0) is 36.2 Å². The zero-order valence-corrected chi connectivity index (χ0v) is 14.7. The van der Waals surface area contributed by atoms with Crippen LogP contribution in [0.15, 0.2) is 97.1 Å². The maximum absolute atomic E-state index is 2.40. The molecule has 0 saturated carbocycles. The van der Waals surface area contributed by atoms with Crippen molar-refractivity contribution in [3.63, 3.8) is 0 Å². The summed E-state index contributed by atoms with van der Waals surface area (Å²) in [7, 11) is 0. The highest BCUT2D eigenvalue weighted by Gasteiger charge is 2.15. The molecule has 0 radical (unpaired) electrons. The minimum atomic E-state index is 1.23. The molecule has 0 unspecified atom stereocenters. The Hall–Kier alpha value is -3.32.